The van der Waals surface area contributed by atoms with Crippen molar-refractivity contribution in [3.63, 3.8) is 0 Å². The van der Waals surface area contributed by atoms with Crippen LogP contribution in [0.3, 0.4) is 0 Å². The van der Waals surface area contributed by atoms with Gasteiger partial charge in [0.25, 0.3) is 5.91 Å². The summed E-state index contributed by atoms with van der Waals surface area (Å²) < 4.78 is 0.494. The SMILES string of the molecule is CN1CCN(c2ccccc2C=C2SC(=S)N(CCCC(=O)O)C2=O)CC1. The number of thiocarbonyl (C=S) groups is 1. The summed E-state index contributed by atoms with van der Waals surface area (Å²) >= 11 is 6.61. The number of carboxylic acid groups (broad SMARTS) is 1. The van der Waals surface area contributed by atoms with Gasteiger partial charge in [-0.1, -0.05) is 42.2 Å². The molecule has 2 fully saturated rings. The van der Waals surface area contributed by atoms with Gasteiger partial charge in [0, 0.05) is 44.8 Å². The Labute approximate surface area is 168 Å². The lowest BCUT2D eigenvalue weighted by molar-refractivity contribution is -0.137. The molecule has 0 spiro atoms. The minimum atomic E-state index is -0.864. The molecule has 0 aromatic heterocycles. The normalized spacial score (nSPS) is 20.0. The van der Waals surface area contributed by atoms with Gasteiger partial charge < -0.3 is 14.9 Å². The fourth-order valence-electron chi connectivity index (χ4n) is 3.17. The Balaban J connectivity index is 1.76. The maximum atomic E-state index is 12.7. The summed E-state index contributed by atoms with van der Waals surface area (Å²) in [7, 11) is 2.12. The Morgan fingerprint density at radius 3 is 2.67 bits per heavy atom. The van der Waals surface area contributed by atoms with Crippen LogP contribution in [0.1, 0.15) is 18.4 Å². The van der Waals surface area contributed by atoms with Crippen LogP contribution in [-0.4, -0.2) is 70.9 Å². The molecule has 3 rings (SSSR count). The first-order chi connectivity index (χ1) is 13.0. The van der Waals surface area contributed by atoms with E-state index in [4.69, 9.17) is 17.3 Å². The van der Waals surface area contributed by atoms with Gasteiger partial charge in [0.2, 0.25) is 0 Å². The molecule has 1 amide bonds. The first kappa shape index (κ1) is 19.9. The molecule has 1 aromatic carbocycles. The summed E-state index contributed by atoms with van der Waals surface area (Å²) in [4.78, 5) is 30.2. The van der Waals surface area contributed by atoms with E-state index in [1.165, 1.54) is 16.7 Å². The molecule has 2 saturated heterocycles. The number of carbonyl (C=O) groups excluding carboxylic acids is 1. The highest BCUT2D eigenvalue weighted by Crippen LogP contribution is 2.34. The molecule has 27 heavy (non-hydrogen) atoms. The second-order valence-corrected chi connectivity index (χ2v) is 8.36. The Hall–Kier alpha value is -1.90. The number of carboxylic acids is 1. The molecular formula is C19H23N3O3S2. The zero-order chi connectivity index (χ0) is 19.4. The van der Waals surface area contributed by atoms with Crippen molar-refractivity contribution in [3.05, 3.63) is 34.7 Å². The topological polar surface area (TPSA) is 64.1 Å². The van der Waals surface area contributed by atoms with Gasteiger partial charge in [0.05, 0.1) is 4.91 Å². The second kappa shape index (κ2) is 8.86. The number of carbonyl (C=O) groups is 2. The maximum Gasteiger partial charge on any atom is 0.303 e. The molecular weight excluding hydrogens is 382 g/mol. The minimum absolute atomic E-state index is 0.0301. The quantitative estimate of drug-likeness (QED) is 0.576. The number of likely N-dealkylation sites (N-methyl/N-ethyl adjacent to an activating group) is 1. The number of benzene rings is 1. The molecule has 0 unspecified atom stereocenters. The number of para-hydroxylation sites is 1. The zero-order valence-electron chi connectivity index (χ0n) is 15.3. The fourth-order valence-corrected chi connectivity index (χ4v) is 4.47. The maximum absolute atomic E-state index is 12.7. The third kappa shape index (κ3) is 4.88. The van der Waals surface area contributed by atoms with Crippen LogP contribution in [0.5, 0.6) is 0 Å². The Morgan fingerprint density at radius 2 is 1.96 bits per heavy atom. The number of thioether (sulfide) groups is 1. The molecule has 0 bridgehead atoms. The molecule has 0 aliphatic carbocycles. The molecule has 2 aliphatic heterocycles. The van der Waals surface area contributed by atoms with Gasteiger partial charge in [0.1, 0.15) is 4.32 Å². The van der Waals surface area contributed by atoms with Gasteiger partial charge in [-0.25, -0.2) is 0 Å². The fraction of sp³-hybridized carbons (Fsp3) is 0.421. The van der Waals surface area contributed by atoms with E-state index < -0.39 is 5.97 Å². The number of amides is 1. The summed E-state index contributed by atoms with van der Waals surface area (Å²) in [5.74, 6) is -0.999. The van der Waals surface area contributed by atoms with Gasteiger partial charge in [0.15, 0.2) is 0 Å². The lowest BCUT2D eigenvalue weighted by atomic mass is 10.1. The van der Waals surface area contributed by atoms with Gasteiger partial charge >= 0.3 is 5.97 Å². The highest BCUT2D eigenvalue weighted by molar-refractivity contribution is 8.26. The monoisotopic (exact) mass is 405 g/mol. The third-order valence-electron chi connectivity index (χ3n) is 4.71. The van der Waals surface area contributed by atoms with Crippen molar-refractivity contribution < 1.29 is 14.7 Å². The molecule has 1 aromatic rings. The van der Waals surface area contributed by atoms with Crippen LogP contribution in [0, 0.1) is 0 Å². The lowest BCUT2D eigenvalue weighted by Crippen LogP contribution is -2.44. The van der Waals surface area contributed by atoms with E-state index in [0.717, 1.165) is 37.4 Å². The summed E-state index contributed by atoms with van der Waals surface area (Å²) in [5, 5.41) is 8.78. The number of aliphatic carboxylic acids is 1. The summed E-state index contributed by atoms with van der Waals surface area (Å²) in [6.07, 6.45) is 2.33. The summed E-state index contributed by atoms with van der Waals surface area (Å²) in [6, 6.07) is 8.09. The molecule has 144 valence electrons. The number of piperazine rings is 1. The van der Waals surface area contributed by atoms with E-state index in [2.05, 4.69) is 22.9 Å². The van der Waals surface area contributed by atoms with Gasteiger partial charge in [-0.2, -0.15) is 0 Å². The van der Waals surface area contributed by atoms with Crippen LogP contribution in [0.4, 0.5) is 5.69 Å². The van der Waals surface area contributed by atoms with Crippen LogP contribution >= 0.6 is 24.0 Å². The minimum Gasteiger partial charge on any atom is -0.481 e. The van der Waals surface area contributed by atoms with E-state index in [0.29, 0.717) is 22.2 Å². The van der Waals surface area contributed by atoms with Gasteiger partial charge in [-0.05, 0) is 31.2 Å². The Kier molecular flexibility index (Phi) is 6.51. The van der Waals surface area contributed by atoms with Crippen LogP contribution in [0.15, 0.2) is 29.2 Å². The van der Waals surface area contributed by atoms with Crippen molar-refractivity contribution in [3.8, 4) is 0 Å². The molecule has 1 N–H and O–H groups in total. The second-order valence-electron chi connectivity index (χ2n) is 6.68. The predicted octanol–water partition coefficient (Wildman–Crippen LogP) is 2.50. The highest BCUT2D eigenvalue weighted by atomic mass is 32.2. The van der Waals surface area contributed by atoms with Crippen molar-refractivity contribution in [2.24, 2.45) is 0 Å². The average molecular weight is 406 g/mol. The van der Waals surface area contributed by atoms with Crippen molar-refractivity contribution in [1.82, 2.24) is 9.80 Å². The Morgan fingerprint density at radius 1 is 1.26 bits per heavy atom. The van der Waals surface area contributed by atoms with Crippen LogP contribution in [0.2, 0.25) is 0 Å². The van der Waals surface area contributed by atoms with Crippen LogP contribution < -0.4 is 4.90 Å². The number of hydrogen-bond donors (Lipinski definition) is 1. The number of nitrogens with zero attached hydrogens (tertiary/aromatic N) is 3. The van der Waals surface area contributed by atoms with Crippen LogP contribution in [-0.2, 0) is 9.59 Å². The van der Waals surface area contributed by atoms with E-state index in [9.17, 15) is 9.59 Å². The van der Waals surface area contributed by atoms with Crippen LogP contribution in [0.25, 0.3) is 6.08 Å². The zero-order valence-corrected chi connectivity index (χ0v) is 16.9. The van der Waals surface area contributed by atoms with E-state index in [1.807, 2.05) is 24.3 Å². The summed E-state index contributed by atoms with van der Waals surface area (Å²) in [5.41, 5.74) is 2.13. The van der Waals surface area contributed by atoms with E-state index >= 15 is 0 Å². The predicted molar refractivity (Wildman–Crippen MR) is 113 cm³/mol. The third-order valence-corrected chi connectivity index (χ3v) is 6.09. The molecule has 2 aliphatic rings. The summed E-state index contributed by atoms with van der Waals surface area (Å²) in [6.45, 7) is 4.28. The molecule has 0 radical (unpaired) electrons. The number of anilines is 1. The first-order valence-corrected chi connectivity index (χ1v) is 10.2. The highest BCUT2D eigenvalue weighted by Gasteiger charge is 2.32. The standard InChI is InChI=1S/C19H23N3O3S2/c1-20-9-11-21(12-10-20)15-6-3-2-5-14(15)13-16-18(25)22(19(26)27-16)8-4-7-17(23)24/h2-3,5-6,13H,4,7-12H2,1H3,(H,23,24). The van der Waals surface area contributed by atoms with Gasteiger partial charge in [-0.3, -0.25) is 14.5 Å². The number of hydrogen-bond acceptors (Lipinski definition) is 6. The first-order valence-electron chi connectivity index (χ1n) is 8.95. The van der Waals surface area contributed by atoms with Gasteiger partial charge in [-0.15, -0.1) is 0 Å². The molecule has 8 heteroatoms. The van der Waals surface area contributed by atoms with E-state index in [-0.39, 0.29) is 12.3 Å². The van der Waals surface area contributed by atoms with Crippen molar-refractivity contribution >= 4 is 51.9 Å². The molecule has 0 atom stereocenters. The lowest BCUT2D eigenvalue weighted by Gasteiger charge is -2.34. The molecule has 0 saturated carbocycles. The Bertz CT molecular complexity index is 773. The molecule has 6 nitrogen and oxygen atoms in total. The number of rotatable bonds is 6. The largest absolute Gasteiger partial charge is 0.481 e. The average Bonchev–Trinajstić information content (AvgIpc) is 2.90. The van der Waals surface area contributed by atoms with E-state index in [1.54, 1.807) is 0 Å². The smallest absolute Gasteiger partial charge is 0.303 e. The van der Waals surface area contributed by atoms with Crippen molar-refractivity contribution in [2.75, 3.05) is 44.7 Å². The van der Waals surface area contributed by atoms with Crippen molar-refractivity contribution in [1.29, 1.82) is 0 Å². The molecule has 2 heterocycles. The van der Waals surface area contributed by atoms with Crippen molar-refractivity contribution in [2.45, 2.75) is 12.8 Å².